The maximum absolute atomic E-state index is 12.9. The summed E-state index contributed by atoms with van der Waals surface area (Å²) in [5.41, 5.74) is 0.647. The number of amides is 2. The van der Waals surface area contributed by atoms with Gasteiger partial charge in [0.15, 0.2) is 0 Å². The predicted molar refractivity (Wildman–Crippen MR) is 112 cm³/mol. The summed E-state index contributed by atoms with van der Waals surface area (Å²) < 4.78 is 10.4. The predicted octanol–water partition coefficient (Wildman–Crippen LogP) is 2.89. The highest BCUT2D eigenvalue weighted by Gasteiger charge is 2.19. The second kappa shape index (κ2) is 10.5. The van der Waals surface area contributed by atoms with Gasteiger partial charge in [-0.1, -0.05) is 12.1 Å². The zero-order valence-electron chi connectivity index (χ0n) is 16.8. The number of hydrogen-bond acceptors (Lipinski definition) is 6. The Hall–Kier alpha value is -3.00. The molecule has 0 radical (unpaired) electrons. The second-order valence-corrected chi connectivity index (χ2v) is 7.37. The van der Waals surface area contributed by atoms with Crippen LogP contribution in [0, 0.1) is 0 Å². The molecule has 0 spiro atoms. The van der Waals surface area contributed by atoms with Crippen molar-refractivity contribution in [2.24, 2.45) is 0 Å². The molecule has 0 unspecified atom stereocenters. The van der Waals surface area contributed by atoms with E-state index < -0.39 is 5.91 Å². The summed E-state index contributed by atoms with van der Waals surface area (Å²) in [5, 5.41) is 4.99. The van der Waals surface area contributed by atoms with Gasteiger partial charge in [-0.05, 0) is 55.9 Å². The fourth-order valence-electron chi connectivity index (χ4n) is 2.50. The molecule has 29 heavy (non-hydrogen) atoms. The molecule has 0 fully saturated rings. The SMILES string of the molecule is COc1ccc(OC)c(C(=O)Sc2ccccc2C(=O)NCC(=O)NC(C)C)c1. The Bertz CT molecular complexity index is 898. The van der Waals surface area contributed by atoms with Gasteiger partial charge >= 0.3 is 0 Å². The molecule has 8 heteroatoms. The largest absolute Gasteiger partial charge is 0.497 e. The standard InChI is InChI=1S/C21H24N2O5S/c1-13(2)23-19(24)12-22-20(25)15-7-5-6-8-18(15)29-21(26)16-11-14(27-3)9-10-17(16)28-4/h5-11,13H,12H2,1-4H3,(H,22,25)(H,23,24). The Morgan fingerprint density at radius 3 is 2.38 bits per heavy atom. The second-order valence-electron chi connectivity index (χ2n) is 6.36. The van der Waals surface area contributed by atoms with Crippen LogP contribution in [0.4, 0.5) is 0 Å². The van der Waals surface area contributed by atoms with E-state index in [2.05, 4.69) is 10.6 Å². The fraction of sp³-hybridized carbons (Fsp3) is 0.286. The number of benzene rings is 2. The van der Waals surface area contributed by atoms with Gasteiger partial charge in [0.05, 0.1) is 31.9 Å². The van der Waals surface area contributed by atoms with Gasteiger partial charge in [-0.2, -0.15) is 0 Å². The van der Waals surface area contributed by atoms with Crippen LogP contribution in [0.3, 0.4) is 0 Å². The van der Waals surface area contributed by atoms with E-state index in [1.54, 1.807) is 42.5 Å². The third-order valence-electron chi connectivity index (χ3n) is 3.82. The molecule has 0 aliphatic rings. The summed E-state index contributed by atoms with van der Waals surface area (Å²) in [6.07, 6.45) is 0. The van der Waals surface area contributed by atoms with Crippen molar-refractivity contribution in [3.05, 3.63) is 53.6 Å². The number of nitrogens with one attached hydrogen (secondary N) is 2. The number of rotatable bonds is 8. The summed E-state index contributed by atoms with van der Waals surface area (Å²) in [5.74, 6) is 0.223. The van der Waals surface area contributed by atoms with Crippen LogP contribution in [-0.4, -0.2) is 43.7 Å². The molecule has 7 nitrogen and oxygen atoms in total. The normalized spacial score (nSPS) is 10.4. The third-order valence-corrected chi connectivity index (χ3v) is 4.80. The summed E-state index contributed by atoms with van der Waals surface area (Å²) in [4.78, 5) is 37.6. The highest BCUT2D eigenvalue weighted by molar-refractivity contribution is 8.14. The maximum atomic E-state index is 12.9. The molecule has 2 aromatic rings. The summed E-state index contributed by atoms with van der Waals surface area (Å²) in [6, 6.07) is 11.6. The van der Waals surface area contributed by atoms with Gasteiger partial charge in [-0.15, -0.1) is 0 Å². The quantitative estimate of drug-likeness (QED) is 0.643. The van der Waals surface area contributed by atoms with Crippen LogP contribution in [0.15, 0.2) is 47.4 Å². The minimum absolute atomic E-state index is 0.0160. The zero-order valence-corrected chi connectivity index (χ0v) is 17.6. The molecule has 0 aliphatic carbocycles. The van der Waals surface area contributed by atoms with E-state index >= 15 is 0 Å². The van der Waals surface area contributed by atoms with Crippen molar-refractivity contribution in [1.29, 1.82) is 0 Å². The molecule has 0 atom stereocenters. The van der Waals surface area contributed by atoms with E-state index in [-0.39, 0.29) is 23.6 Å². The smallest absolute Gasteiger partial charge is 0.252 e. The Kier molecular flexibility index (Phi) is 8.09. The van der Waals surface area contributed by atoms with Crippen LogP contribution in [0.25, 0.3) is 0 Å². The first-order valence-electron chi connectivity index (χ1n) is 8.96. The van der Waals surface area contributed by atoms with Gasteiger partial charge in [0.1, 0.15) is 11.5 Å². The highest BCUT2D eigenvalue weighted by Crippen LogP contribution is 2.32. The van der Waals surface area contributed by atoms with Crippen LogP contribution in [-0.2, 0) is 4.79 Å². The lowest BCUT2D eigenvalue weighted by Gasteiger charge is -2.12. The number of ether oxygens (including phenoxy) is 2. The van der Waals surface area contributed by atoms with E-state index in [4.69, 9.17) is 9.47 Å². The van der Waals surface area contributed by atoms with Crippen molar-refractivity contribution in [3.8, 4) is 11.5 Å². The minimum atomic E-state index is -0.433. The first kappa shape index (κ1) is 22.3. The molecule has 2 amide bonds. The number of methoxy groups -OCH3 is 2. The molecule has 2 N–H and O–H groups in total. The first-order valence-corrected chi connectivity index (χ1v) is 9.78. The molecular weight excluding hydrogens is 392 g/mol. The average Bonchev–Trinajstić information content (AvgIpc) is 2.71. The minimum Gasteiger partial charge on any atom is -0.497 e. The Balaban J connectivity index is 2.17. The topological polar surface area (TPSA) is 93.7 Å². The van der Waals surface area contributed by atoms with Crippen molar-refractivity contribution in [2.45, 2.75) is 24.8 Å². The first-order chi connectivity index (χ1) is 13.8. The fourth-order valence-corrected chi connectivity index (χ4v) is 3.39. The summed E-state index contributed by atoms with van der Waals surface area (Å²) >= 11 is 0.909. The highest BCUT2D eigenvalue weighted by atomic mass is 32.2. The van der Waals surface area contributed by atoms with E-state index in [0.29, 0.717) is 27.5 Å². The van der Waals surface area contributed by atoms with Crippen LogP contribution < -0.4 is 20.1 Å². The lowest BCUT2D eigenvalue weighted by molar-refractivity contribution is -0.120. The molecular formula is C21H24N2O5S. The lowest BCUT2D eigenvalue weighted by atomic mass is 10.2. The Morgan fingerprint density at radius 1 is 1.00 bits per heavy atom. The number of carbonyl (C=O) groups is 3. The summed E-state index contributed by atoms with van der Waals surface area (Å²) in [6.45, 7) is 3.53. The van der Waals surface area contributed by atoms with Gasteiger partial charge in [0, 0.05) is 10.9 Å². The van der Waals surface area contributed by atoms with Crippen LogP contribution >= 0.6 is 11.8 Å². The molecule has 0 bridgehead atoms. The van der Waals surface area contributed by atoms with Gasteiger partial charge < -0.3 is 20.1 Å². The lowest BCUT2D eigenvalue weighted by Crippen LogP contribution is -2.39. The molecule has 2 aromatic carbocycles. The van der Waals surface area contributed by atoms with Crippen molar-refractivity contribution in [2.75, 3.05) is 20.8 Å². The van der Waals surface area contributed by atoms with E-state index in [1.165, 1.54) is 14.2 Å². The van der Waals surface area contributed by atoms with Crippen molar-refractivity contribution < 1.29 is 23.9 Å². The Labute approximate surface area is 174 Å². The number of thioether (sulfide) groups is 1. The monoisotopic (exact) mass is 416 g/mol. The van der Waals surface area contributed by atoms with Gasteiger partial charge in [-0.3, -0.25) is 14.4 Å². The van der Waals surface area contributed by atoms with Gasteiger partial charge in [0.2, 0.25) is 11.0 Å². The number of carbonyl (C=O) groups excluding carboxylic acids is 3. The van der Waals surface area contributed by atoms with Crippen LogP contribution in [0.2, 0.25) is 0 Å². The Morgan fingerprint density at radius 2 is 1.72 bits per heavy atom. The molecule has 2 rings (SSSR count). The van der Waals surface area contributed by atoms with Crippen molar-refractivity contribution >= 4 is 28.7 Å². The maximum Gasteiger partial charge on any atom is 0.252 e. The zero-order chi connectivity index (χ0) is 21.4. The van der Waals surface area contributed by atoms with E-state index in [1.807, 2.05) is 13.8 Å². The van der Waals surface area contributed by atoms with Gasteiger partial charge in [-0.25, -0.2) is 0 Å². The van der Waals surface area contributed by atoms with Crippen LogP contribution in [0.5, 0.6) is 11.5 Å². The molecule has 0 saturated carbocycles. The third kappa shape index (κ3) is 6.25. The number of hydrogen-bond donors (Lipinski definition) is 2. The summed E-state index contributed by atoms with van der Waals surface area (Å²) in [7, 11) is 2.99. The molecule has 0 aromatic heterocycles. The molecule has 154 valence electrons. The average molecular weight is 416 g/mol. The van der Waals surface area contributed by atoms with E-state index in [9.17, 15) is 14.4 Å². The van der Waals surface area contributed by atoms with Crippen molar-refractivity contribution in [3.63, 3.8) is 0 Å². The molecule has 0 saturated heterocycles. The van der Waals surface area contributed by atoms with Crippen molar-refractivity contribution in [1.82, 2.24) is 10.6 Å². The van der Waals surface area contributed by atoms with E-state index in [0.717, 1.165) is 11.8 Å². The molecule has 0 aliphatic heterocycles. The van der Waals surface area contributed by atoms with Crippen LogP contribution in [0.1, 0.15) is 34.6 Å². The van der Waals surface area contributed by atoms with Gasteiger partial charge in [0.25, 0.3) is 5.91 Å². The molecule has 0 heterocycles.